The zero-order valence-corrected chi connectivity index (χ0v) is 12.7. The van der Waals surface area contributed by atoms with E-state index in [-0.39, 0.29) is 0 Å². The Morgan fingerprint density at radius 2 is 2.25 bits per heavy atom. The molecule has 106 valence electrons. The zero-order valence-electron chi connectivity index (χ0n) is 11.9. The lowest BCUT2D eigenvalue weighted by atomic mass is 9.98. The van der Waals surface area contributed by atoms with Gasteiger partial charge in [0.05, 0.1) is 6.61 Å². The summed E-state index contributed by atoms with van der Waals surface area (Å²) in [5, 5.41) is 5.83. The molecule has 0 aliphatic carbocycles. The van der Waals surface area contributed by atoms with E-state index in [1.54, 1.807) is 0 Å². The second-order valence-electron chi connectivity index (χ2n) is 5.22. The van der Waals surface area contributed by atoms with Crippen molar-refractivity contribution in [3.05, 3.63) is 51.7 Å². The largest absolute Gasteiger partial charge is 0.493 e. The van der Waals surface area contributed by atoms with Crippen molar-refractivity contribution in [2.75, 3.05) is 13.2 Å². The van der Waals surface area contributed by atoms with Crippen molar-refractivity contribution in [1.82, 2.24) is 5.32 Å². The number of benzene rings is 1. The van der Waals surface area contributed by atoms with Crippen LogP contribution in [0.5, 0.6) is 5.75 Å². The molecular formula is C17H21NOS. The SMILES string of the molecule is CCCNC(Cc1cccs1)c1cccc2c1OCC2. The third kappa shape index (κ3) is 2.89. The Morgan fingerprint density at radius 1 is 1.30 bits per heavy atom. The van der Waals surface area contributed by atoms with Gasteiger partial charge in [-0.05, 0) is 30.0 Å². The van der Waals surface area contributed by atoms with Gasteiger partial charge in [0.25, 0.3) is 0 Å². The summed E-state index contributed by atoms with van der Waals surface area (Å²) in [4.78, 5) is 1.43. The fraction of sp³-hybridized carbons (Fsp3) is 0.412. The molecule has 1 unspecified atom stereocenters. The summed E-state index contributed by atoms with van der Waals surface area (Å²) in [5.74, 6) is 1.12. The van der Waals surface area contributed by atoms with Crippen LogP contribution in [0.1, 0.15) is 35.4 Å². The first kappa shape index (κ1) is 13.7. The van der Waals surface area contributed by atoms with Crippen LogP contribution in [0.15, 0.2) is 35.7 Å². The molecule has 2 heterocycles. The van der Waals surface area contributed by atoms with Gasteiger partial charge in [-0.2, -0.15) is 0 Å². The molecule has 0 amide bonds. The molecule has 1 aromatic carbocycles. The van der Waals surface area contributed by atoms with Crippen molar-refractivity contribution in [2.24, 2.45) is 0 Å². The molecule has 1 aliphatic rings. The molecular weight excluding hydrogens is 266 g/mol. The third-order valence-corrected chi connectivity index (χ3v) is 4.65. The van der Waals surface area contributed by atoms with Gasteiger partial charge in [-0.3, -0.25) is 0 Å². The number of ether oxygens (including phenoxy) is 1. The predicted octanol–water partition coefficient (Wildman–Crippen LogP) is 3.97. The van der Waals surface area contributed by atoms with Gasteiger partial charge in [-0.25, -0.2) is 0 Å². The predicted molar refractivity (Wildman–Crippen MR) is 84.7 cm³/mol. The maximum atomic E-state index is 5.87. The molecule has 1 atom stereocenters. The highest BCUT2D eigenvalue weighted by Crippen LogP contribution is 2.35. The fourth-order valence-electron chi connectivity index (χ4n) is 2.76. The number of para-hydroxylation sites is 1. The van der Waals surface area contributed by atoms with Gasteiger partial charge in [0.1, 0.15) is 5.75 Å². The van der Waals surface area contributed by atoms with E-state index in [1.807, 2.05) is 11.3 Å². The molecule has 3 rings (SSSR count). The van der Waals surface area contributed by atoms with E-state index in [1.165, 1.54) is 16.0 Å². The molecule has 0 radical (unpaired) electrons. The van der Waals surface area contributed by atoms with Crippen LogP contribution in [-0.4, -0.2) is 13.2 Å². The van der Waals surface area contributed by atoms with Gasteiger partial charge in [-0.1, -0.05) is 31.2 Å². The molecule has 2 nitrogen and oxygen atoms in total. The lowest BCUT2D eigenvalue weighted by Gasteiger charge is -2.20. The molecule has 0 bridgehead atoms. The standard InChI is InChI=1S/C17H21NOS/c1-2-9-18-16(12-14-6-4-11-20-14)15-7-3-5-13-8-10-19-17(13)15/h3-7,11,16,18H,2,8-10,12H2,1H3. The Morgan fingerprint density at radius 3 is 3.05 bits per heavy atom. The van der Waals surface area contributed by atoms with Gasteiger partial charge in [0.15, 0.2) is 0 Å². The summed E-state index contributed by atoms with van der Waals surface area (Å²) in [6.07, 6.45) is 3.23. The normalized spacial score (nSPS) is 14.8. The van der Waals surface area contributed by atoms with Gasteiger partial charge in [0, 0.05) is 29.3 Å². The van der Waals surface area contributed by atoms with E-state index in [4.69, 9.17) is 4.74 Å². The zero-order chi connectivity index (χ0) is 13.8. The Hall–Kier alpha value is -1.32. The molecule has 1 N–H and O–H groups in total. The number of fused-ring (bicyclic) bond motifs is 1. The topological polar surface area (TPSA) is 21.3 Å². The number of thiophene rings is 1. The van der Waals surface area contributed by atoms with Crippen molar-refractivity contribution in [2.45, 2.75) is 32.2 Å². The smallest absolute Gasteiger partial charge is 0.127 e. The molecule has 1 aromatic heterocycles. The second-order valence-corrected chi connectivity index (χ2v) is 6.26. The third-order valence-electron chi connectivity index (χ3n) is 3.75. The number of rotatable bonds is 6. The summed E-state index contributed by atoms with van der Waals surface area (Å²) in [7, 11) is 0. The number of hydrogen-bond donors (Lipinski definition) is 1. The van der Waals surface area contributed by atoms with E-state index in [9.17, 15) is 0 Å². The van der Waals surface area contributed by atoms with Crippen LogP contribution in [0.25, 0.3) is 0 Å². The van der Waals surface area contributed by atoms with Crippen molar-refractivity contribution in [1.29, 1.82) is 0 Å². The van der Waals surface area contributed by atoms with Gasteiger partial charge >= 0.3 is 0 Å². The van der Waals surface area contributed by atoms with Gasteiger partial charge in [0.2, 0.25) is 0 Å². The minimum absolute atomic E-state index is 0.349. The Kier molecular flexibility index (Phi) is 4.38. The Labute approximate surface area is 124 Å². The quantitative estimate of drug-likeness (QED) is 0.868. The number of nitrogens with one attached hydrogen (secondary N) is 1. The maximum Gasteiger partial charge on any atom is 0.127 e. The van der Waals surface area contributed by atoms with E-state index < -0.39 is 0 Å². The van der Waals surface area contributed by atoms with Crippen LogP contribution in [0, 0.1) is 0 Å². The minimum Gasteiger partial charge on any atom is -0.493 e. The molecule has 2 aromatic rings. The van der Waals surface area contributed by atoms with Crippen LogP contribution >= 0.6 is 11.3 Å². The lowest BCUT2D eigenvalue weighted by Crippen LogP contribution is -2.24. The molecule has 0 spiro atoms. The monoisotopic (exact) mass is 287 g/mol. The average molecular weight is 287 g/mol. The van der Waals surface area contributed by atoms with E-state index in [2.05, 4.69) is 48.0 Å². The molecule has 0 saturated heterocycles. The molecule has 3 heteroatoms. The van der Waals surface area contributed by atoms with Gasteiger partial charge in [-0.15, -0.1) is 11.3 Å². The summed E-state index contributed by atoms with van der Waals surface area (Å²) in [5.41, 5.74) is 2.68. The first-order valence-electron chi connectivity index (χ1n) is 7.39. The summed E-state index contributed by atoms with van der Waals surface area (Å²) >= 11 is 1.83. The summed E-state index contributed by atoms with van der Waals surface area (Å²) in [6.45, 7) is 4.08. The van der Waals surface area contributed by atoms with Crippen LogP contribution < -0.4 is 10.1 Å². The first-order valence-corrected chi connectivity index (χ1v) is 8.27. The first-order chi connectivity index (χ1) is 9.88. The van der Waals surface area contributed by atoms with Crippen LogP contribution in [0.3, 0.4) is 0 Å². The van der Waals surface area contributed by atoms with Crippen molar-refractivity contribution >= 4 is 11.3 Å². The highest BCUT2D eigenvalue weighted by Gasteiger charge is 2.22. The minimum atomic E-state index is 0.349. The van der Waals surface area contributed by atoms with Crippen LogP contribution in [0.2, 0.25) is 0 Å². The highest BCUT2D eigenvalue weighted by atomic mass is 32.1. The average Bonchev–Trinajstić information content (AvgIpc) is 3.13. The summed E-state index contributed by atoms with van der Waals surface area (Å²) < 4.78 is 5.87. The van der Waals surface area contributed by atoms with E-state index >= 15 is 0 Å². The van der Waals surface area contributed by atoms with Crippen molar-refractivity contribution < 1.29 is 4.74 Å². The van der Waals surface area contributed by atoms with Crippen LogP contribution in [0.4, 0.5) is 0 Å². The summed E-state index contributed by atoms with van der Waals surface area (Å²) in [6, 6.07) is 11.3. The van der Waals surface area contributed by atoms with E-state index in [0.717, 1.165) is 38.2 Å². The molecule has 0 saturated carbocycles. The van der Waals surface area contributed by atoms with Crippen LogP contribution in [-0.2, 0) is 12.8 Å². The molecule has 0 fully saturated rings. The second kappa shape index (κ2) is 6.42. The van der Waals surface area contributed by atoms with E-state index in [0.29, 0.717) is 6.04 Å². The van der Waals surface area contributed by atoms with Gasteiger partial charge < -0.3 is 10.1 Å². The molecule has 20 heavy (non-hydrogen) atoms. The Balaban J connectivity index is 1.86. The number of hydrogen-bond acceptors (Lipinski definition) is 3. The highest BCUT2D eigenvalue weighted by molar-refractivity contribution is 7.09. The van der Waals surface area contributed by atoms with Crippen molar-refractivity contribution in [3.63, 3.8) is 0 Å². The lowest BCUT2D eigenvalue weighted by molar-refractivity contribution is 0.348. The molecule has 1 aliphatic heterocycles. The maximum absolute atomic E-state index is 5.87. The van der Waals surface area contributed by atoms with Crippen molar-refractivity contribution in [3.8, 4) is 5.75 Å². The Bertz CT molecular complexity index is 550. The fourth-order valence-corrected chi connectivity index (χ4v) is 3.51.